The third-order valence-corrected chi connectivity index (χ3v) is 6.27. The molecular weight excluding hydrogens is 442 g/mol. The van der Waals surface area contributed by atoms with E-state index in [4.69, 9.17) is 41.9 Å². The molecule has 0 spiro atoms. The number of piperidine rings is 1. The molecule has 176 valence electrons. The number of nitrogens with one attached hydrogen (secondary N) is 1. The lowest BCUT2D eigenvalue weighted by atomic mass is 10.0. The number of carbonyl (C=O) groups is 3. The summed E-state index contributed by atoms with van der Waals surface area (Å²) in [6.07, 6.45) is 0.686. The summed E-state index contributed by atoms with van der Waals surface area (Å²) in [5, 5.41) is 28.2. The van der Waals surface area contributed by atoms with E-state index >= 15 is 0 Å². The Morgan fingerprint density at radius 1 is 1.25 bits per heavy atom. The number of nitrogens with zero attached hydrogens (tertiary/aromatic N) is 1. The minimum absolute atomic E-state index is 0.150. The van der Waals surface area contributed by atoms with Crippen LogP contribution in [0.5, 0.6) is 5.75 Å². The molecule has 2 fully saturated rings. The van der Waals surface area contributed by atoms with Crippen LogP contribution in [0.25, 0.3) is 0 Å². The molecule has 6 N–H and O–H groups in total. The van der Waals surface area contributed by atoms with Crippen LogP contribution in [0.1, 0.15) is 29.8 Å². The highest BCUT2D eigenvalue weighted by Gasteiger charge is 2.55. The number of hydrogen-bond donors (Lipinski definition) is 5. The molecule has 1 saturated heterocycles. The molecule has 0 radical (unpaired) electrons. The van der Waals surface area contributed by atoms with E-state index in [1.165, 1.54) is 0 Å². The molecule has 2 unspecified atom stereocenters. The highest BCUT2D eigenvalue weighted by molar-refractivity contribution is 6.33. The van der Waals surface area contributed by atoms with Gasteiger partial charge >= 0.3 is 11.9 Å². The van der Waals surface area contributed by atoms with E-state index in [-0.39, 0.29) is 5.91 Å². The van der Waals surface area contributed by atoms with Crippen LogP contribution in [-0.4, -0.2) is 76.5 Å². The van der Waals surface area contributed by atoms with Gasteiger partial charge in [-0.15, -0.1) is 0 Å². The first kappa shape index (κ1) is 24.1. The third-order valence-electron chi connectivity index (χ3n) is 5.95. The number of aliphatic hydroxyl groups is 1. The van der Waals surface area contributed by atoms with Gasteiger partial charge in [0.1, 0.15) is 5.75 Å². The van der Waals surface area contributed by atoms with E-state index in [2.05, 4.69) is 10.2 Å². The van der Waals surface area contributed by atoms with Crippen LogP contribution in [0.4, 0.5) is 5.69 Å². The number of benzene rings is 1. The van der Waals surface area contributed by atoms with Gasteiger partial charge in [-0.3, -0.25) is 9.69 Å². The van der Waals surface area contributed by atoms with Gasteiger partial charge in [0.25, 0.3) is 5.91 Å². The summed E-state index contributed by atoms with van der Waals surface area (Å²) in [5.41, 5.74) is 7.16. The number of carboxylic acids is 2. The Morgan fingerprint density at radius 2 is 1.84 bits per heavy atom. The van der Waals surface area contributed by atoms with Gasteiger partial charge in [-0.2, -0.15) is 0 Å². The van der Waals surface area contributed by atoms with Gasteiger partial charge in [0.2, 0.25) is 0 Å². The Labute approximate surface area is 190 Å². The van der Waals surface area contributed by atoms with Crippen LogP contribution < -0.4 is 15.8 Å². The van der Waals surface area contributed by atoms with Crippen molar-refractivity contribution >= 4 is 35.1 Å². The molecule has 2 aliphatic heterocycles. The number of rotatable bonds is 5. The zero-order valence-electron chi connectivity index (χ0n) is 17.9. The number of anilines is 1. The molecule has 0 bridgehead atoms. The molecule has 11 heteroatoms. The maximum atomic E-state index is 12.6. The van der Waals surface area contributed by atoms with E-state index in [0.29, 0.717) is 65.9 Å². The summed E-state index contributed by atoms with van der Waals surface area (Å²) < 4.78 is 5.61. The van der Waals surface area contributed by atoms with Crippen molar-refractivity contribution in [1.29, 1.82) is 0 Å². The predicted molar refractivity (Wildman–Crippen MR) is 116 cm³/mol. The van der Waals surface area contributed by atoms with Crippen LogP contribution in [0.15, 0.2) is 6.07 Å². The number of nitrogen functional groups attached to an aromatic ring is 1. The highest BCUT2D eigenvalue weighted by Crippen LogP contribution is 2.51. The largest absolute Gasteiger partial charge is 0.492 e. The molecule has 1 saturated carbocycles. The van der Waals surface area contributed by atoms with Crippen molar-refractivity contribution in [3.05, 3.63) is 22.2 Å². The van der Waals surface area contributed by atoms with Gasteiger partial charge in [0.15, 0.2) is 0 Å². The monoisotopic (exact) mass is 469 g/mol. The fourth-order valence-electron chi connectivity index (χ4n) is 4.56. The van der Waals surface area contributed by atoms with Crippen molar-refractivity contribution in [3.63, 3.8) is 0 Å². The second-order valence-corrected chi connectivity index (χ2v) is 9.45. The number of fused-ring (bicyclic) bond motifs is 2. The molecule has 32 heavy (non-hydrogen) atoms. The molecule has 10 nitrogen and oxygen atoms in total. The first-order valence-corrected chi connectivity index (χ1v) is 10.7. The van der Waals surface area contributed by atoms with E-state index in [1.807, 2.05) is 13.8 Å². The lowest BCUT2D eigenvalue weighted by molar-refractivity contribution is -0.159. The number of carboxylic acid groups (broad SMARTS) is 2. The number of amides is 1. The molecule has 1 aromatic rings. The molecular formula is C21H28ClN3O7. The van der Waals surface area contributed by atoms with E-state index < -0.39 is 17.5 Å². The van der Waals surface area contributed by atoms with Gasteiger partial charge in [-0.1, -0.05) is 11.6 Å². The standard InChI is InChI=1S/C19H26ClN3O3.C2H2O4/c1-19(2,25)9-23-7-13-12(14(13)8-23)6-22-18(24)11-5-15(20)16(21)10-3-4-26-17(10)11;3-1(4)2(5)6/h5,12-14,25H,3-4,6-9,21H2,1-2H3,(H,22,24);(H,3,4)(H,5,6). The van der Waals surface area contributed by atoms with Crippen molar-refractivity contribution < 1.29 is 34.4 Å². The van der Waals surface area contributed by atoms with Gasteiger partial charge in [0, 0.05) is 38.2 Å². The van der Waals surface area contributed by atoms with Crippen molar-refractivity contribution in [2.75, 3.05) is 38.5 Å². The molecule has 2 heterocycles. The second-order valence-electron chi connectivity index (χ2n) is 9.04. The van der Waals surface area contributed by atoms with Crippen LogP contribution in [0.2, 0.25) is 5.02 Å². The SMILES string of the molecule is CC(C)(O)CN1CC2C(CNC(=O)c3cc(Cl)c(N)c4c3OCC4)C2C1.O=C(O)C(=O)O. The van der Waals surface area contributed by atoms with Gasteiger partial charge in [0.05, 0.1) is 28.5 Å². The smallest absolute Gasteiger partial charge is 0.414 e. The van der Waals surface area contributed by atoms with E-state index in [9.17, 15) is 9.90 Å². The number of halogens is 1. The summed E-state index contributed by atoms with van der Waals surface area (Å²) in [6, 6.07) is 1.61. The van der Waals surface area contributed by atoms with Gasteiger partial charge < -0.3 is 31.1 Å². The van der Waals surface area contributed by atoms with Crippen molar-refractivity contribution in [3.8, 4) is 5.75 Å². The number of β-amino-alcohol motifs (C(OH)–C–C–N with tert-alkyl or cyclic N) is 1. The molecule has 1 amide bonds. The zero-order valence-corrected chi connectivity index (χ0v) is 18.7. The Morgan fingerprint density at radius 3 is 2.38 bits per heavy atom. The van der Waals surface area contributed by atoms with Crippen molar-refractivity contribution in [2.24, 2.45) is 17.8 Å². The molecule has 1 aliphatic carbocycles. The van der Waals surface area contributed by atoms with Crippen molar-refractivity contribution in [1.82, 2.24) is 10.2 Å². The van der Waals surface area contributed by atoms with Crippen LogP contribution in [0.3, 0.4) is 0 Å². The van der Waals surface area contributed by atoms with E-state index in [0.717, 1.165) is 18.7 Å². The summed E-state index contributed by atoms with van der Waals surface area (Å²) in [4.78, 5) is 33.2. The zero-order chi connectivity index (χ0) is 23.8. The average Bonchev–Trinajstić information content (AvgIpc) is 3.04. The highest BCUT2D eigenvalue weighted by atomic mass is 35.5. The molecule has 3 aliphatic rings. The summed E-state index contributed by atoms with van der Waals surface area (Å²) in [5.74, 6) is -1.45. The summed E-state index contributed by atoms with van der Waals surface area (Å²) in [7, 11) is 0. The average molecular weight is 470 g/mol. The minimum Gasteiger partial charge on any atom is -0.492 e. The lowest BCUT2D eigenvalue weighted by Crippen LogP contribution is -2.39. The number of carbonyl (C=O) groups excluding carboxylic acids is 1. The topological polar surface area (TPSA) is 162 Å². The number of nitrogens with two attached hydrogens (primary N) is 1. The molecule has 4 rings (SSSR count). The number of likely N-dealkylation sites (tertiary alicyclic amines) is 1. The minimum atomic E-state index is -1.82. The van der Waals surface area contributed by atoms with Crippen LogP contribution in [-0.2, 0) is 16.0 Å². The number of aliphatic carboxylic acids is 2. The third kappa shape index (κ3) is 5.43. The first-order chi connectivity index (χ1) is 14.9. The Hall–Kier alpha value is -2.56. The van der Waals surface area contributed by atoms with Gasteiger partial charge in [-0.05, 0) is 37.7 Å². The predicted octanol–water partition coefficient (Wildman–Crippen LogP) is 0.691. The normalized spacial score (nSPS) is 23.3. The van der Waals surface area contributed by atoms with Gasteiger partial charge in [-0.25, -0.2) is 9.59 Å². The number of ether oxygens (including phenoxy) is 1. The molecule has 0 aromatic heterocycles. The fourth-order valence-corrected chi connectivity index (χ4v) is 4.78. The maximum absolute atomic E-state index is 12.6. The van der Waals surface area contributed by atoms with Crippen molar-refractivity contribution in [2.45, 2.75) is 25.9 Å². The summed E-state index contributed by atoms with van der Waals surface area (Å²) >= 11 is 6.18. The summed E-state index contributed by atoms with van der Waals surface area (Å²) in [6.45, 7) is 7.58. The number of hydrogen-bond acceptors (Lipinski definition) is 7. The Kier molecular flexibility index (Phi) is 6.87. The molecule has 2 atom stereocenters. The Balaban J connectivity index is 0.000000427. The molecule has 1 aromatic carbocycles. The first-order valence-electron chi connectivity index (χ1n) is 10.3. The van der Waals surface area contributed by atoms with E-state index in [1.54, 1.807) is 6.07 Å². The quantitative estimate of drug-likeness (QED) is 0.308. The van der Waals surface area contributed by atoms with Crippen LogP contribution in [0, 0.1) is 17.8 Å². The lowest BCUT2D eigenvalue weighted by Gasteiger charge is -2.27. The second kappa shape index (κ2) is 9.13. The fraction of sp³-hybridized carbons (Fsp3) is 0.571. The Bertz CT molecular complexity index is 907. The maximum Gasteiger partial charge on any atom is 0.414 e. The van der Waals surface area contributed by atoms with Crippen LogP contribution >= 0.6 is 11.6 Å².